The van der Waals surface area contributed by atoms with Gasteiger partial charge in [-0.2, -0.15) is 0 Å². The Hall–Kier alpha value is -1.10. The highest BCUT2D eigenvalue weighted by atomic mass is 32.2. The zero-order valence-corrected chi connectivity index (χ0v) is 12.2. The van der Waals surface area contributed by atoms with Crippen LogP contribution < -0.4 is 0 Å². The van der Waals surface area contributed by atoms with E-state index in [0.29, 0.717) is 13.2 Å². The molecule has 0 N–H and O–H groups in total. The molecule has 1 heterocycles. The third kappa shape index (κ3) is 3.93. The SMILES string of the molecule is CCOC(CSc1nccc2ccccc12)OCC. The number of hydrogen-bond donors (Lipinski definition) is 0. The zero-order valence-electron chi connectivity index (χ0n) is 11.3. The van der Waals surface area contributed by atoms with Crippen molar-refractivity contribution in [2.75, 3.05) is 19.0 Å². The number of nitrogens with zero attached hydrogens (tertiary/aromatic N) is 1. The fraction of sp³-hybridized carbons (Fsp3) is 0.400. The molecule has 0 saturated carbocycles. The first-order chi connectivity index (χ1) is 9.35. The number of pyridine rings is 1. The summed E-state index contributed by atoms with van der Waals surface area (Å²) in [5.41, 5.74) is 0. The number of benzene rings is 1. The fourth-order valence-corrected chi connectivity index (χ4v) is 2.83. The molecule has 102 valence electrons. The fourth-order valence-electron chi connectivity index (χ4n) is 1.87. The number of hydrogen-bond acceptors (Lipinski definition) is 4. The second-order valence-corrected chi connectivity index (χ2v) is 5.00. The third-order valence-corrected chi connectivity index (χ3v) is 3.74. The lowest BCUT2D eigenvalue weighted by atomic mass is 10.2. The Morgan fingerprint density at radius 2 is 1.84 bits per heavy atom. The smallest absolute Gasteiger partial charge is 0.166 e. The highest BCUT2D eigenvalue weighted by molar-refractivity contribution is 7.99. The first kappa shape index (κ1) is 14.3. The minimum Gasteiger partial charge on any atom is -0.352 e. The molecule has 1 aromatic heterocycles. The van der Waals surface area contributed by atoms with Gasteiger partial charge in [-0.1, -0.05) is 24.3 Å². The molecule has 0 saturated heterocycles. The maximum absolute atomic E-state index is 5.55. The molecule has 2 rings (SSSR count). The lowest BCUT2D eigenvalue weighted by Crippen LogP contribution is -2.20. The quantitative estimate of drug-likeness (QED) is 0.570. The standard InChI is InChI=1S/C15H19NO2S/c1-3-17-14(18-4-2)11-19-15-13-8-6-5-7-12(13)9-10-16-15/h5-10,14H,3-4,11H2,1-2H3. The van der Waals surface area contributed by atoms with Gasteiger partial charge in [0.25, 0.3) is 0 Å². The molecule has 2 aromatic rings. The van der Waals surface area contributed by atoms with E-state index in [1.165, 1.54) is 10.8 Å². The van der Waals surface area contributed by atoms with Crippen molar-refractivity contribution >= 4 is 22.5 Å². The van der Waals surface area contributed by atoms with Gasteiger partial charge in [-0.05, 0) is 25.3 Å². The molecule has 0 fully saturated rings. The Labute approximate surface area is 118 Å². The summed E-state index contributed by atoms with van der Waals surface area (Å²) in [6.45, 7) is 5.28. The predicted octanol–water partition coefficient (Wildman–Crippen LogP) is 3.73. The zero-order chi connectivity index (χ0) is 13.5. The van der Waals surface area contributed by atoms with Gasteiger partial charge in [0.2, 0.25) is 0 Å². The number of fused-ring (bicyclic) bond motifs is 1. The number of ether oxygens (including phenoxy) is 2. The van der Waals surface area contributed by atoms with Crippen molar-refractivity contribution in [3.63, 3.8) is 0 Å². The molecule has 1 aromatic carbocycles. The highest BCUT2D eigenvalue weighted by Crippen LogP contribution is 2.26. The van der Waals surface area contributed by atoms with Gasteiger partial charge in [-0.3, -0.25) is 0 Å². The van der Waals surface area contributed by atoms with Crippen LogP contribution in [0.5, 0.6) is 0 Å². The Balaban J connectivity index is 2.08. The van der Waals surface area contributed by atoms with Gasteiger partial charge in [0.05, 0.1) is 5.75 Å². The molecule has 4 heteroatoms. The molecule has 0 spiro atoms. The van der Waals surface area contributed by atoms with Gasteiger partial charge in [0.15, 0.2) is 6.29 Å². The summed E-state index contributed by atoms with van der Waals surface area (Å²) >= 11 is 1.68. The lowest BCUT2D eigenvalue weighted by molar-refractivity contribution is -0.120. The van der Waals surface area contributed by atoms with E-state index in [4.69, 9.17) is 9.47 Å². The molecule has 0 atom stereocenters. The van der Waals surface area contributed by atoms with Crippen molar-refractivity contribution in [3.8, 4) is 0 Å². The summed E-state index contributed by atoms with van der Waals surface area (Å²) in [7, 11) is 0. The van der Waals surface area contributed by atoms with Crippen LogP contribution in [-0.2, 0) is 9.47 Å². The monoisotopic (exact) mass is 277 g/mol. The summed E-state index contributed by atoms with van der Waals surface area (Å²) in [6.07, 6.45) is 1.68. The van der Waals surface area contributed by atoms with Crippen LogP contribution in [0.2, 0.25) is 0 Å². The van der Waals surface area contributed by atoms with E-state index in [0.717, 1.165) is 10.8 Å². The van der Waals surface area contributed by atoms with Crippen LogP contribution in [0.4, 0.5) is 0 Å². The lowest BCUT2D eigenvalue weighted by Gasteiger charge is -2.16. The molecular weight excluding hydrogens is 258 g/mol. The molecule has 0 aliphatic heterocycles. The van der Waals surface area contributed by atoms with Crippen molar-refractivity contribution in [1.29, 1.82) is 0 Å². The first-order valence-corrected chi connectivity index (χ1v) is 7.53. The van der Waals surface area contributed by atoms with Gasteiger partial charge in [-0.25, -0.2) is 4.98 Å². The molecule has 19 heavy (non-hydrogen) atoms. The van der Waals surface area contributed by atoms with Crippen LogP contribution in [0, 0.1) is 0 Å². The Morgan fingerprint density at radius 1 is 1.11 bits per heavy atom. The van der Waals surface area contributed by atoms with E-state index in [1.54, 1.807) is 11.8 Å². The number of rotatable bonds is 7. The van der Waals surface area contributed by atoms with Crippen LogP contribution in [0.25, 0.3) is 10.8 Å². The molecule has 0 amide bonds. The van der Waals surface area contributed by atoms with Crippen molar-refractivity contribution < 1.29 is 9.47 Å². The minimum atomic E-state index is -0.166. The van der Waals surface area contributed by atoms with E-state index < -0.39 is 0 Å². The van der Waals surface area contributed by atoms with Crippen molar-refractivity contribution in [1.82, 2.24) is 4.98 Å². The van der Waals surface area contributed by atoms with Crippen molar-refractivity contribution in [2.24, 2.45) is 0 Å². The summed E-state index contributed by atoms with van der Waals surface area (Å²) in [5.74, 6) is 0.753. The maximum Gasteiger partial charge on any atom is 0.166 e. The van der Waals surface area contributed by atoms with Gasteiger partial charge in [0.1, 0.15) is 5.03 Å². The molecule has 0 aliphatic carbocycles. The summed E-state index contributed by atoms with van der Waals surface area (Å²) in [4.78, 5) is 4.45. The largest absolute Gasteiger partial charge is 0.352 e. The van der Waals surface area contributed by atoms with Gasteiger partial charge >= 0.3 is 0 Å². The van der Waals surface area contributed by atoms with Crippen LogP contribution in [0.15, 0.2) is 41.6 Å². The minimum absolute atomic E-state index is 0.166. The van der Waals surface area contributed by atoms with E-state index >= 15 is 0 Å². The highest BCUT2D eigenvalue weighted by Gasteiger charge is 2.10. The van der Waals surface area contributed by atoms with Crippen molar-refractivity contribution in [2.45, 2.75) is 25.2 Å². The number of aromatic nitrogens is 1. The first-order valence-electron chi connectivity index (χ1n) is 6.55. The molecule has 3 nitrogen and oxygen atoms in total. The van der Waals surface area contributed by atoms with E-state index in [2.05, 4.69) is 17.1 Å². The van der Waals surface area contributed by atoms with Crippen LogP contribution in [0.3, 0.4) is 0 Å². The van der Waals surface area contributed by atoms with Crippen LogP contribution >= 0.6 is 11.8 Å². The van der Waals surface area contributed by atoms with Gasteiger partial charge < -0.3 is 9.47 Å². The Kier molecular flexibility index (Phi) is 5.63. The summed E-state index contributed by atoms with van der Waals surface area (Å²) in [5, 5.41) is 3.42. The Morgan fingerprint density at radius 3 is 2.58 bits per heavy atom. The van der Waals surface area contributed by atoms with E-state index in [1.807, 2.05) is 38.2 Å². The predicted molar refractivity (Wildman–Crippen MR) is 79.5 cm³/mol. The molecule has 0 radical (unpaired) electrons. The molecule has 0 bridgehead atoms. The second kappa shape index (κ2) is 7.48. The summed E-state index contributed by atoms with van der Waals surface area (Å²) in [6, 6.07) is 10.3. The molecule has 0 aliphatic rings. The normalized spacial score (nSPS) is 11.3. The third-order valence-electron chi connectivity index (χ3n) is 2.70. The van der Waals surface area contributed by atoms with E-state index in [9.17, 15) is 0 Å². The van der Waals surface area contributed by atoms with Gasteiger partial charge in [-0.15, -0.1) is 11.8 Å². The van der Waals surface area contributed by atoms with Crippen LogP contribution in [-0.4, -0.2) is 30.2 Å². The average molecular weight is 277 g/mol. The molecule has 0 unspecified atom stereocenters. The van der Waals surface area contributed by atoms with Crippen LogP contribution in [0.1, 0.15) is 13.8 Å². The maximum atomic E-state index is 5.55. The average Bonchev–Trinajstić information content (AvgIpc) is 2.45. The Bertz CT molecular complexity index is 507. The van der Waals surface area contributed by atoms with Crippen molar-refractivity contribution in [3.05, 3.63) is 36.5 Å². The van der Waals surface area contributed by atoms with Gasteiger partial charge in [0, 0.05) is 24.8 Å². The number of thioether (sulfide) groups is 1. The second-order valence-electron chi connectivity index (χ2n) is 3.99. The summed E-state index contributed by atoms with van der Waals surface area (Å²) < 4.78 is 11.1. The molecular formula is C15H19NO2S. The topological polar surface area (TPSA) is 31.4 Å². The van der Waals surface area contributed by atoms with E-state index in [-0.39, 0.29) is 6.29 Å².